The third-order valence-corrected chi connectivity index (χ3v) is 3.36. The Morgan fingerprint density at radius 2 is 2.12 bits per heavy atom. The van der Waals surface area contributed by atoms with Gasteiger partial charge in [0.25, 0.3) is 0 Å². The lowest BCUT2D eigenvalue weighted by molar-refractivity contribution is 0.174. The van der Waals surface area contributed by atoms with Gasteiger partial charge >= 0.3 is 0 Å². The minimum absolute atomic E-state index is 0.350. The molecule has 1 atom stereocenters. The van der Waals surface area contributed by atoms with Crippen molar-refractivity contribution in [2.24, 2.45) is 0 Å². The molecule has 0 bridgehead atoms. The topological polar surface area (TPSA) is 23.5 Å². The molecule has 2 heteroatoms. The average Bonchev–Trinajstić information content (AvgIpc) is 2.38. The largest absolute Gasteiger partial charge is 0.388 e. The molecule has 1 aromatic carbocycles. The highest BCUT2D eigenvalue weighted by molar-refractivity contribution is 5.56. The summed E-state index contributed by atoms with van der Waals surface area (Å²) in [4.78, 5) is 2.36. The number of rotatable bonds is 3. The van der Waals surface area contributed by atoms with Gasteiger partial charge in [-0.25, -0.2) is 0 Å². The Morgan fingerprint density at radius 1 is 1.35 bits per heavy atom. The highest BCUT2D eigenvalue weighted by atomic mass is 16.3. The minimum Gasteiger partial charge on any atom is -0.388 e. The Balaban J connectivity index is 2.28. The molecule has 1 aromatic rings. The lowest BCUT2D eigenvalue weighted by Crippen LogP contribution is -2.30. The van der Waals surface area contributed by atoms with Gasteiger partial charge in [-0.3, -0.25) is 0 Å². The Hall–Kier alpha value is -1.28. The third kappa shape index (κ3) is 2.70. The number of benzene rings is 1. The highest BCUT2D eigenvalue weighted by Gasteiger charge is 2.17. The SMILES string of the molecule is CC[C@H](O)c1ccccc1N1CCC=C(C)C1. The predicted molar refractivity (Wildman–Crippen MR) is 72.3 cm³/mol. The van der Waals surface area contributed by atoms with Gasteiger partial charge in [-0.05, 0) is 25.8 Å². The molecular weight excluding hydrogens is 210 g/mol. The van der Waals surface area contributed by atoms with Crippen molar-refractivity contribution in [1.82, 2.24) is 0 Å². The van der Waals surface area contributed by atoms with E-state index in [9.17, 15) is 5.11 Å². The van der Waals surface area contributed by atoms with Gasteiger partial charge in [-0.1, -0.05) is 36.8 Å². The van der Waals surface area contributed by atoms with E-state index in [2.05, 4.69) is 30.0 Å². The second-order valence-corrected chi connectivity index (χ2v) is 4.74. The highest BCUT2D eigenvalue weighted by Crippen LogP contribution is 2.29. The van der Waals surface area contributed by atoms with E-state index in [0.717, 1.165) is 31.5 Å². The molecule has 0 fully saturated rings. The molecule has 0 aromatic heterocycles. The molecule has 0 saturated carbocycles. The lowest BCUT2D eigenvalue weighted by atomic mass is 10.0. The van der Waals surface area contributed by atoms with E-state index in [1.165, 1.54) is 11.3 Å². The number of hydrogen-bond donors (Lipinski definition) is 1. The summed E-state index contributed by atoms with van der Waals surface area (Å²) in [5.41, 5.74) is 3.66. The molecule has 1 N–H and O–H groups in total. The van der Waals surface area contributed by atoms with Crippen molar-refractivity contribution in [2.45, 2.75) is 32.8 Å². The monoisotopic (exact) mass is 231 g/mol. The first-order valence-corrected chi connectivity index (χ1v) is 6.40. The Bertz CT molecular complexity index is 411. The second-order valence-electron chi connectivity index (χ2n) is 4.74. The number of nitrogens with zero attached hydrogens (tertiary/aromatic N) is 1. The first-order chi connectivity index (χ1) is 8.22. The maximum Gasteiger partial charge on any atom is 0.0807 e. The maximum absolute atomic E-state index is 10.1. The normalized spacial score (nSPS) is 17.8. The van der Waals surface area contributed by atoms with Crippen LogP contribution in [0.15, 0.2) is 35.9 Å². The number of para-hydroxylation sites is 1. The van der Waals surface area contributed by atoms with E-state index in [1.54, 1.807) is 0 Å². The fourth-order valence-corrected chi connectivity index (χ4v) is 2.39. The molecule has 0 saturated heterocycles. The Labute approximate surface area is 104 Å². The molecule has 0 amide bonds. The van der Waals surface area contributed by atoms with E-state index in [1.807, 2.05) is 19.1 Å². The van der Waals surface area contributed by atoms with Crippen molar-refractivity contribution in [1.29, 1.82) is 0 Å². The van der Waals surface area contributed by atoms with Crippen molar-refractivity contribution >= 4 is 5.69 Å². The Kier molecular flexibility index (Phi) is 3.85. The molecule has 1 aliphatic rings. The van der Waals surface area contributed by atoms with Crippen molar-refractivity contribution in [3.63, 3.8) is 0 Å². The van der Waals surface area contributed by atoms with Crippen molar-refractivity contribution in [2.75, 3.05) is 18.0 Å². The smallest absolute Gasteiger partial charge is 0.0807 e. The van der Waals surface area contributed by atoms with Crippen LogP contribution in [0.2, 0.25) is 0 Å². The van der Waals surface area contributed by atoms with Crippen molar-refractivity contribution < 1.29 is 5.11 Å². The fraction of sp³-hybridized carbons (Fsp3) is 0.467. The van der Waals surface area contributed by atoms with Gasteiger partial charge in [0.15, 0.2) is 0 Å². The summed E-state index contributed by atoms with van der Waals surface area (Å²) in [6.07, 6.45) is 3.81. The molecule has 1 aliphatic heterocycles. The van der Waals surface area contributed by atoms with E-state index in [-0.39, 0.29) is 6.10 Å². The van der Waals surface area contributed by atoms with Gasteiger partial charge in [0.05, 0.1) is 6.10 Å². The van der Waals surface area contributed by atoms with Gasteiger partial charge in [-0.15, -0.1) is 0 Å². The molecular formula is C15H21NO. The van der Waals surface area contributed by atoms with E-state index in [0.29, 0.717) is 0 Å². The summed E-state index contributed by atoms with van der Waals surface area (Å²) in [5.74, 6) is 0. The number of anilines is 1. The zero-order valence-electron chi connectivity index (χ0n) is 10.7. The number of aliphatic hydroxyl groups is 1. The van der Waals surface area contributed by atoms with Crippen LogP contribution in [-0.2, 0) is 0 Å². The van der Waals surface area contributed by atoms with Crippen LogP contribution in [0.1, 0.15) is 38.4 Å². The van der Waals surface area contributed by atoms with E-state index >= 15 is 0 Å². The van der Waals surface area contributed by atoms with Crippen molar-refractivity contribution in [3.8, 4) is 0 Å². The molecule has 2 nitrogen and oxygen atoms in total. The standard InChI is InChI=1S/C15H21NO/c1-3-15(17)13-8-4-5-9-14(13)16-10-6-7-12(2)11-16/h4-5,7-9,15,17H,3,6,10-11H2,1-2H3/t15-/m0/s1. The van der Waals surface area contributed by atoms with Crippen LogP contribution in [0, 0.1) is 0 Å². The van der Waals surface area contributed by atoms with Crippen LogP contribution < -0.4 is 4.90 Å². The van der Waals surface area contributed by atoms with Crippen LogP contribution in [-0.4, -0.2) is 18.2 Å². The summed E-state index contributed by atoms with van der Waals surface area (Å²) in [7, 11) is 0. The summed E-state index contributed by atoms with van der Waals surface area (Å²) in [6, 6.07) is 8.21. The molecule has 0 spiro atoms. The predicted octanol–water partition coefficient (Wildman–Crippen LogP) is 3.29. The average molecular weight is 231 g/mol. The van der Waals surface area contributed by atoms with Gasteiger partial charge < -0.3 is 10.0 Å². The fourth-order valence-electron chi connectivity index (χ4n) is 2.39. The maximum atomic E-state index is 10.1. The van der Waals surface area contributed by atoms with Crippen molar-refractivity contribution in [3.05, 3.63) is 41.5 Å². The van der Waals surface area contributed by atoms with E-state index in [4.69, 9.17) is 0 Å². The summed E-state index contributed by atoms with van der Waals surface area (Å²) in [6.45, 7) is 6.21. The van der Waals surface area contributed by atoms with Gasteiger partial charge in [0.2, 0.25) is 0 Å². The molecule has 1 heterocycles. The first kappa shape index (κ1) is 12.2. The molecule has 92 valence electrons. The molecule has 2 rings (SSSR count). The van der Waals surface area contributed by atoms with E-state index < -0.39 is 0 Å². The summed E-state index contributed by atoms with van der Waals surface area (Å²) >= 11 is 0. The Morgan fingerprint density at radius 3 is 2.82 bits per heavy atom. The number of hydrogen-bond acceptors (Lipinski definition) is 2. The van der Waals surface area contributed by atoms with Gasteiger partial charge in [-0.2, -0.15) is 0 Å². The van der Waals surface area contributed by atoms with Gasteiger partial charge in [0, 0.05) is 24.3 Å². The van der Waals surface area contributed by atoms with Crippen LogP contribution in [0.4, 0.5) is 5.69 Å². The zero-order valence-corrected chi connectivity index (χ0v) is 10.7. The third-order valence-electron chi connectivity index (χ3n) is 3.36. The van der Waals surface area contributed by atoms with Crippen LogP contribution >= 0.6 is 0 Å². The molecule has 0 radical (unpaired) electrons. The molecule has 17 heavy (non-hydrogen) atoms. The summed E-state index contributed by atoms with van der Waals surface area (Å²) in [5, 5.41) is 10.1. The quantitative estimate of drug-likeness (QED) is 0.807. The molecule has 0 aliphatic carbocycles. The second kappa shape index (κ2) is 5.37. The van der Waals surface area contributed by atoms with Gasteiger partial charge in [0.1, 0.15) is 0 Å². The summed E-state index contributed by atoms with van der Waals surface area (Å²) < 4.78 is 0. The number of aliphatic hydroxyl groups excluding tert-OH is 1. The zero-order chi connectivity index (χ0) is 12.3. The lowest BCUT2D eigenvalue weighted by Gasteiger charge is -2.31. The van der Waals surface area contributed by atoms with Crippen LogP contribution in [0.25, 0.3) is 0 Å². The molecule has 0 unspecified atom stereocenters. The minimum atomic E-state index is -0.350. The van der Waals surface area contributed by atoms with Crippen LogP contribution in [0.5, 0.6) is 0 Å². The van der Waals surface area contributed by atoms with Crippen LogP contribution in [0.3, 0.4) is 0 Å². The first-order valence-electron chi connectivity index (χ1n) is 6.40.